The van der Waals surface area contributed by atoms with Gasteiger partial charge in [-0.25, -0.2) is 0 Å². The zero-order valence-corrected chi connectivity index (χ0v) is 13.2. The molecule has 1 aromatic rings. The van der Waals surface area contributed by atoms with Crippen molar-refractivity contribution in [2.45, 2.75) is 45.6 Å². The minimum absolute atomic E-state index is 0.0144. The Morgan fingerprint density at radius 3 is 2.68 bits per heavy atom. The molecule has 0 aliphatic heterocycles. The molecule has 1 atom stereocenters. The standard InChI is InChI=1S/C18H24O4/c1-2-22-17(20)18(11-7-6-10-16(18)19)12-13-21-14-15-8-4-3-5-9-15/h3-5,8-9H,2,6-7,10-14H2,1H3/t18-/m0/s1. The molecular weight excluding hydrogens is 280 g/mol. The molecule has 1 saturated carbocycles. The van der Waals surface area contributed by atoms with Crippen LogP contribution in [0, 0.1) is 5.41 Å². The summed E-state index contributed by atoms with van der Waals surface area (Å²) in [6, 6.07) is 9.87. The van der Waals surface area contributed by atoms with Crippen LogP contribution in [0.2, 0.25) is 0 Å². The van der Waals surface area contributed by atoms with Gasteiger partial charge in [0.1, 0.15) is 11.2 Å². The number of carbonyl (C=O) groups excluding carboxylic acids is 2. The quantitative estimate of drug-likeness (QED) is 0.441. The molecule has 1 aromatic carbocycles. The van der Waals surface area contributed by atoms with Crippen molar-refractivity contribution in [3.8, 4) is 0 Å². The molecule has 0 spiro atoms. The topological polar surface area (TPSA) is 52.6 Å². The van der Waals surface area contributed by atoms with E-state index < -0.39 is 5.41 Å². The largest absolute Gasteiger partial charge is 0.465 e. The fourth-order valence-corrected chi connectivity index (χ4v) is 2.95. The Balaban J connectivity index is 1.92. The minimum Gasteiger partial charge on any atom is -0.465 e. The molecule has 22 heavy (non-hydrogen) atoms. The number of ether oxygens (including phenoxy) is 2. The lowest BCUT2D eigenvalue weighted by atomic mass is 9.71. The van der Waals surface area contributed by atoms with Gasteiger partial charge >= 0.3 is 5.97 Å². The molecule has 1 aliphatic carbocycles. The van der Waals surface area contributed by atoms with Gasteiger partial charge in [-0.15, -0.1) is 0 Å². The Kier molecular flexibility index (Phi) is 6.13. The average molecular weight is 304 g/mol. The van der Waals surface area contributed by atoms with E-state index in [2.05, 4.69) is 0 Å². The molecule has 0 amide bonds. The first-order valence-corrected chi connectivity index (χ1v) is 8.01. The molecular formula is C18H24O4. The molecule has 0 aromatic heterocycles. The predicted octanol–water partition coefficient (Wildman–Crippen LogP) is 3.29. The number of hydrogen-bond donors (Lipinski definition) is 0. The highest BCUT2D eigenvalue weighted by Crippen LogP contribution is 2.37. The van der Waals surface area contributed by atoms with Crippen LogP contribution in [0.25, 0.3) is 0 Å². The molecule has 4 heteroatoms. The number of Topliss-reactive ketones (excluding diaryl/α,β-unsaturated/α-hetero) is 1. The van der Waals surface area contributed by atoms with Crippen molar-refractivity contribution in [1.29, 1.82) is 0 Å². The van der Waals surface area contributed by atoms with E-state index in [9.17, 15) is 9.59 Å². The van der Waals surface area contributed by atoms with Gasteiger partial charge in [-0.2, -0.15) is 0 Å². The lowest BCUT2D eigenvalue weighted by Gasteiger charge is -2.33. The second-order valence-electron chi connectivity index (χ2n) is 5.72. The van der Waals surface area contributed by atoms with Crippen LogP contribution in [-0.2, 0) is 25.7 Å². The van der Waals surface area contributed by atoms with Crippen LogP contribution in [0.5, 0.6) is 0 Å². The Hall–Kier alpha value is -1.68. The van der Waals surface area contributed by atoms with E-state index in [0.29, 0.717) is 39.1 Å². The molecule has 0 radical (unpaired) electrons. The SMILES string of the molecule is CCOC(=O)[C@]1(CCOCc2ccccc2)CCCCC1=O. The fourth-order valence-electron chi connectivity index (χ4n) is 2.95. The first kappa shape index (κ1) is 16.7. The van der Waals surface area contributed by atoms with Gasteiger partial charge in [-0.3, -0.25) is 9.59 Å². The Bertz CT molecular complexity index is 497. The van der Waals surface area contributed by atoms with Crippen LogP contribution < -0.4 is 0 Å². The van der Waals surface area contributed by atoms with Crippen LogP contribution in [0.3, 0.4) is 0 Å². The smallest absolute Gasteiger partial charge is 0.319 e. The van der Waals surface area contributed by atoms with Gasteiger partial charge in [0.25, 0.3) is 0 Å². The van der Waals surface area contributed by atoms with Gasteiger partial charge < -0.3 is 9.47 Å². The van der Waals surface area contributed by atoms with Crippen molar-refractivity contribution in [3.05, 3.63) is 35.9 Å². The molecule has 0 bridgehead atoms. The monoisotopic (exact) mass is 304 g/mol. The number of rotatable bonds is 7. The Labute approximate surface area is 131 Å². The maximum atomic E-state index is 12.3. The zero-order chi connectivity index (χ0) is 15.8. The molecule has 0 N–H and O–H groups in total. The Morgan fingerprint density at radius 2 is 2.00 bits per heavy atom. The van der Waals surface area contributed by atoms with E-state index in [1.54, 1.807) is 6.92 Å². The second-order valence-corrected chi connectivity index (χ2v) is 5.72. The van der Waals surface area contributed by atoms with Crippen LogP contribution in [0.15, 0.2) is 30.3 Å². The van der Waals surface area contributed by atoms with E-state index in [0.717, 1.165) is 18.4 Å². The summed E-state index contributed by atoms with van der Waals surface area (Å²) in [6.07, 6.45) is 3.22. The first-order valence-electron chi connectivity index (χ1n) is 8.01. The lowest BCUT2D eigenvalue weighted by molar-refractivity contribution is -0.164. The number of hydrogen-bond acceptors (Lipinski definition) is 4. The number of ketones is 1. The normalized spacial score (nSPS) is 21.6. The highest BCUT2D eigenvalue weighted by atomic mass is 16.5. The average Bonchev–Trinajstić information content (AvgIpc) is 2.54. The Morgan fingerprint density at radius 1 is 1.23 bits per heavy atom. The third-order valence-electron chi connectivity index (χ3n) is 4.24. The summed E-state index contributed by atoms with van der Waals surface area (Å²) in [6.45, 7) is 2.96. The first-order chi connectivity index (χ1) is 10.7. The summed E-state index contributed by atoms with van der Waals surface area (Å²) < 4.78 is 10.8. The molecule has 1 aliphatic rings. The van der Waals surface area contributed by atoms with Crippen molar-refractivity contribution in [2.24, 2.45) is 5.41 Å². The zero-order valence-electron chi connectivity index (χ0n) is 13.2. The third kappa shape index (κ3) is 3.95. The molecule has 1 fully saturated rings. The maximum absolute atomic E-state index is 12.3. The van der Waals surface area contributed by atoms with Gasteiger partial charge in [0.2, 0.25) is 0 Å². The van der Waals surface area contributed by atoms with Gasteiger partial charge in [-0.1, -0.05) is 36.8 Å². The van der Waals surface area contributed by atoms with Crippen LogP contribution in [0.4, 0.5) is 0 Å². The summed E-state index contributed by atoms with van der Waals surface area (Å²) >= 11 is 0. The van der Waals surface area contributed by atoms with Gasteiger partial charge in [0.05, 0.1) is 13.2 Å². The van der Waals surface area contributed by atoms with E-state index >= 15 is 0 Å². The number of esters is 1. The van der Waals surface area contributed by atoms with Crippen LogP contribution >= 0.6 is 0 Å². The summed E-state index contributed by atoms with van der Waals surface area (Å²) in [5.41, 5.74) is 0.105. The summed E-state index contributed by atoms with van der Waals surface area (Å²) in [7, 11) is 0. The third-order valence-corrected chi connectivity index (χ3v) is 4.24. The van der Waals surface area contributed by atoms with E-state index in [4.69, 9.17) is 9.47 Å². The van der Waals surface area contributed by atoms with Crippen LogP contribution in [0.1, 0.15) is 44.6 Å². The summed E-state index contributed by atoms with van der Waals surface area (Å²) in [5, 5.41) is 0. The predicted molar refractivity (Wildman–Crippen MR) is 83.3 cm³/mol. The van der Waals surface area contributed by atoms with Crippen molar-refractivity contribution in [2.75, 3.05) is 13.2 Å². The molecule has 2 rings (SSSR count). The van der Waals surface area contributed by atoms with E-state index in [1.807, 2.05) is 30.3 Å². The maximum Gasteiger partial charge on any atom is 0.319 e. The number of carbonyl (C=O) groups is 2. The van der Waals surface area contributed by atoms with Gasteiger partial charge in [0.15, 0.2) is 0 Å². The van der Waals surface area contributed by atoms with Gasteiger partial charge in [-0.05, 0) is 31.7 Å². The highest BCUT2D eigenvalue weighted by Gasteiger charge is 2.47. The van der Waals surface area contributed by atoms with Crippen molar-refractivity contribution in [1.82, 2.24) is 0 Å². The molecule has 0 heterocycles. The molecule has 4 nitrogen and oxygen atoms in total. The fraction of sp³-hybridized carbons (Fsp3) is 0.556. The molecule has 0 saturated heterocycles. The van der Waals surface area contributed by atoms with E-state index in [1.165, 1.54) is 0 Å². The van der Waals surface area contributed by atoms with Crippen LogP contribution in [-0.4, -0.2) is 25.0 Å². The van der Waals surface area contributed by atoms with E-state index in [-0.39, 0.29) is 11.8 Å². The molecule has 0 unspecified atom stereocenters. The van der Waals surface area contributed by atoms with Gasteiger partial charge in [0, 0.05) is 13.0 Å². The van der Waals surface area contributed by atoms with Crippen molar-refractivity contribution in [3.63, 3.8) is 0 Å². The highest BCUT2D eigenvalue weighted by molar-refractivity contribution is 6.04. The number of benzene rings is 1. The summed E-state index contributed by atoms with van der Waals surface area (Å²) in [5.74, 6) is -0.358. The minimum atomic E-state index is -0.981. The lowest BCUT2D eigenvalue weighted by Crippen LogP contribution is -2.43. The molecule has 120 valence electrons. The summed E-state index contributed by atoms with van der Waals surface area (Å²) in [4.78, 5) is 24.6. The van der Waals surface area contributed by atoms with Crippen molar-refractivity contribution >= 4 is 11.8 Å². The van der Waals surface area contributed by atoms with Crippen molar-refractivity contribution < 1.29 is 19.1 Å². The second kappa shape index (κ2) is 8.08.